The fourth-order valence-electron chi connectivity index (χ4n) is 2.75. The molecule has 1 saturated carbocycles. The van der Waals surface area contributed by atoms with E-state index in [1.54, 1.807) is 0 Å². The average Bonchev–Trinajstić information content (AvgIpc) is 2.41. The third kappa shape index (κ3) is 3.42. The Morgan fingerprint density at radius 2 is 1.78 bits per heavy atom. The third-order valence-electron chi connectivity index (χ3n) is 3.91. The van der Waals surface area contributed by atoms with Crippen molar-refractivity contribution in [2.24, 2.45) is 0 Å². The maximum atomic E-state index is 12.1. The number of Topliss-reactive ketones (excluding diaryl/α,β-unsaturated/α-hetero) is 1. The van der Waals surface area contributed by atoms with Gasteiger partial charge in [0.2, 0.25) is 0 Å². The Kier molecular flexibility index (Phi) is 4.54. The van der Waals surface area contributed by atoms with Crippen LogP contribution in [0.3, 0.4) is 0 Å². The summed E-state index contributed by atoms with van der Waals surface area (Å²) in [4.78, 5) is 12.1. The molecule has 0 atom stereocenters. The molecule has 0 unspecified atom stereocenters. The van der Waals surface area contributed by atoms with Crippen LogP contribution in [0.2, 0.25) is 0 Å². The van der Waals surface area contributed by atoms with Crippen LogP contribution in [0.4, 0.5) is 0 Å². The van der Waals surface area contributed by atoms with Crippen LogP contribution < -0.4 is 0 Å². The second-order valence-electron chi connectivity index (χ2n) is 5.35. The molecule has 1 aromatic rings. The Labute approximate surface area is 109 Å². The van der Waals surface area contributed by atoms with Gasteiger partial charge < -0.3 is 5.11 Å². The van der Waals surface area contributed by atoms with Gasteiger partial charge in [-0.05, 0) is 31.2 Å². The van der Waals surface area contributed by atoms with E-state index >= 15 is 0 Å². The van der Waals surface area contributed by atoms with Crippen LogP contribution in [0.15, 0.2) is 30.3 Å². The summed E-state index contributed by atoms with van der Waals surface area (Å²) in [5.41, 5.74) is 0.260. The minimum Gasteiger partial charge on any atom is -0.382 e. The van der Waals surface area contributed by atoms with E-state index in [9.17, 15) is 9.90 Å². The van der Waals surface area contributed by atoms with Gasteiger partial charge in [-0.25, -0.2) is 0 Å². The van der Waals surface area contributed by atoms with Crippen LogP contribution in [0.5, 0.6) is 0 Å². The predicted octanol–water partition coefficient (Wildman–Crippen LogP) is 3.27. The highest BCUT2D eigenvalue weighted by molar-refractivity contribution is 5.87. The molecule has 0 spiro atoms. The summed E-state index contributed by atoms with van der Waals surface area (Å²) in [6, 6.07) is 10.2. The molecule has 98 valence electrons. The average molecular weight is 246 g/mol. The molecule has 2 heteroatoms. The van der Waals surface area contributed by atoms with E-state index in [-0.39, 0.29) is 5.78 Å². The molecule has 18 heavy (non-hydrogen) atoms. The molecule has 0 aromatic heterocycles. The minimum absolute atomic E-state index is 0.0538. The van der Waals surface area contributed by atoms with Crippen LogP contribution in [-0.4, -0.2) is 16.5 Å². The molecule has 1 aliphatic carbocycles. The zero-order chi connectivity index (χ0) is 12.8. The Morgan fingerprint density at radius 3 is 2.44 bits per heavy atom. The van der Waals surface area contributed by atoms with Gasteiger partial charge in [0.15, 0.2) is 5.78 Å². The van der Waals surface area contributed by atoms with Gasteiger partial charge >= 0.3 is 0 Å². The van der Waals surface area contributed by atoms with E-state index in [1.807, 2.05) is 18.2 Å². The number of hydrogen-bond donors (Lipinski definition) is 1. The van der Waals surface area contributed by atoms with Crippen LogP contribution in [0.1, 0.15) is 50.5 Å². The summed E-state index contributed by atoms with van der Waals surface area (Å²) in [5, 5.41) is 10.3. The lowest BCUT2D eigenvalue weighted by atomic mass is 9.80. The molecule has 1 aromatic carbocycles. The van der Waals surface area contributed by atoms with E-state index < -0.39 is 5.60 Å². The molecule has 2 rings (SSSR count). The van der Waals surface area contributed by atoms with Crippen molar-refractivity contribution in [3.8, 4) is 0 Å². The lowest BCUT2D eigenvalue weighted by Gasteiger charge is -2.30. The number of benzene rings is 1. The van der Waals surface area contributed by atoms with Crippen molar-refractivity contribution in [3.63, 3.8) is 0 Å². The SMILES string of the molecule is O=C(CCCc1ccccc1)C1(O)CCCCC1. The predicted molar refractivity (Wildman–Crippen MR) is 72.4 cm³/mol. The maximum Gasteiger partial charge on any atom is 0.164 e. The summed E-state index contributed by atoms with van der Waals surface area (Å²) in [7, 11) is 0. The van der Waals surface area contributed by atoms with Crippen molar-refractivity contribution < 1.29 is 9.90 Å². The number of hydrogen-bond acceptors (Lipinski definition) is 2. The topological polar surface area (TPSA) is 37.3 Å². The van der Waals surface area contributed by atoms with Crippen molar-refractivity contribution in [2.75, 3.05) is 0 Å². The van der Waals surface area contributed by atoms with Gasteiger partial charge in [-0.2, -0.15) is 0 Å². The number of rotatable bonds is 5. The zero-order valence-electron chi connectivity index (χ0n) is 10.9. The monoisotopic (exact) mass is 246 g/mol. The van der Waals surface area contributed by atoms with E-state index in [4.69, 9.17) is 0 Å². The molecule has 0 amide bonds. The first-order valence-corrected chi connectivity index (χ1v) is 7.00. The van der Waals surface area contributed by atoms with Crippen molar-refractivity contribution in [2.45, 2.75) is 57.0 Å². The van der Waals surface area contributed by atoms with Gasteiger partial charge in [0.05, 0.1) is 0 Å². The number of carbonyl (C=O) groups excluding carboxylic acids is 1. The Hall–Kier alpha value is -1.15. The summed E-state index contributed by atoms with van der Waals surface area (Å²) in [6.45, 7) is 0. The second-order valence-corrected chi connectivity index (χ2v) is 5.35. The van der Waals surface area contributed by atoms with Gasteiger partial charge in [0.25, 0.3) is 0 Å². The van der Waals surface area contributed by atoms with E-state index in [1.165, 1.54) is 5.56 Å². The highest BCUT2D eigenvalue weighted by Gasteiger charge is 2.35. The van der Waals surface area contributed by atoms with Gasteiger partial charge in [0.1, 0.15) is 5.60 Å². The minimum atomic E-state index is -1.01. The first kappa shape index (κ1) is 13.3. The van der Waals surface area contributed by atoms with E-state index in [0.717, 1.165) is 32.1 Å². The van der Waals surface area contributed by atoms with Crippen molar-refractivity contribution >= 4 is 5.78 Å². The summed E-state index contributed by atoms with van der Waals surface area (Å²) < 4.78 is 0. The molecule has 1 fully saturated rings. The van der Waals surface area contributed by atoms with Crippen LogP contribution >= 0.6 is 0 Å². The summed E-state index contributed by atoms with van der Waals surface area (Å²) in [6.07, 6.45) is 6.72. The maximum absolute atomic E-state index is 12.1. The van der Waals surface area contributed by atoms with Crippen LogP contribution in [-0.2, 0) is 11.2 Å². The molecule has 0 heterocycles. The van der Waals surface area contributed by atoms with Crippen molar-refractivity contribution in [1.82, 2.24) is 0 Å². The lowest BCUT2D eigenvalue weighted by Crippen LogP contribution is -2.40. The molecular weight excluding hydrogens is 224 g/mol. The first-order chi connectivity index (χ1) is 8.71. The van der Waals surface area contributed by atoms with Gasteiger partial charge in [0, 0.05) is 6.42 Å². The fourth-order valence-corrected chi connectivity index (χ4v) is 2.75. The van der Waals surface area contributed by atoms with Gasteiger partial charge in [-0.15, -0.1) is 0 Å². The van der Waals surface area contributed by atoms with Gasteiger partial charge in [-0.3, -0.25) is 4.79 Å². The third-order valence-corrected chi connectivity index (χ3v) is 3.91. The normalized spacial score (nSPS) is 18.5. The molecule has 0 bridgehead atoms. The fraction of sp³-hybridized carbons (Fsp3) is 0.562. The molecule has 1 N–H and O–H groups in total. The van der Waals surface area contributed by atoms with Crippen LogP contribution in [0.25, 0.3) is 0 Å². The quantitative estimate of drug-likeness (QED) is 0.865. The largest absolute Gasteiger partial charge is 0.382 e. The number of ketones is 1. The molecular formula is C16H22O2. The van der Waals surface area contributed by atoms with Crippen molar-refractivity contribution in [3.05, 3.63) is 35.9 Å². The molecule has 0 saturated heterocycles. The van der Waals surface area contributed by atoms with E-state index in [2.05, 4.69) is 12.1 Å². The van der Waals surface area contributed by atoms with Crippen molar-refractivity contribution in [1.29, 1.82) is 0 Å². The zero-order valence-corrected chi connectivity index (χ0v) is 10.9. The molecule has 2 nitrogen and oxygen atoms in total. The standard InChI is InChI=1S/C16H22O2/c17-15(16(18)12-5-2-6-13-16)11-7-10-14-8-3-1-4-9-14/h1,3-4,8-9,18H,2,5-7,10-13H2. The van der Waals surface area contributed by atoms with Crippen LogP contribution in [0, 0.1) is 0 Å². The Bertz CT molecular complexity index is 377. The smallest absolute Gasteiger partial charge is 0.164 e. The summed E-state index contributed by atoms with van der Waals surface area (Å²) in [5.74, 6) is 0.0538. The number of aliphatic hydroxyl groups is 1. The molecule has 0 aliphatic heterocycles. The number of aryl methyl sites for hydroxylation is 1. The number of carbonyl (C=O) groups is 1. The summed E-state index contributed by atoms with van der Waals surface area (Å²) >= 11 is 0. The Balaban J connectivity index is 1.78. The molecule has 0 radical (unpaired) electrons. The second kappa shape index (κ2) is 6.14. The highest BCUT2D eigenvalue weighted by atomic mass is 16.3. The highest BCUT2D eigenvalue weighted by Crippen LogP contribution is 2.30. The van der Waals surface area contributed by atoms with Gasteiger partial charge in [-0.1, -0.05) is 49.6 Å². The van der Waals surface area contributed by atoms with E-state index in [0.29, 0.717) is 19.3 Å². The first-order valence-electron chi connectivity index (χ1n) is 7.00. The Morgan fingerprint density at radius 1 is 1.11 bits per heavy atom. The molecule has 1 aliphatic rings. The lowest BCUT2D eigenvalue weighted by molar-refractivity contribution is -0.140.